The molecule has 0 spiro atoms. The first-order valence-electron chi connectivity index (χ1n) is 4.22. The molecule has 0 radical (unpaired) electrons. The zero-order valence-corrected chi connectivity index (χ0v) is 9.77. The van der Waals surface area contributed by atoms with E-state index >= 15 is 0 Å². The van der Waals surface area contributed by atoms with Gasteiger partial charge in [0, 0.05) is 13.1 Å². The summed E-state index contributed by atoms with van der Waals surface area (Å²) in [6, 6.07) is 0.141. The highest BCUT2D eigenvalue weighted by atomic mass is 35.5. The number of rotatable bonds is 1. The van der Waals surface area contributed by atoms with Gasteiger partial charge in [0.15, 0.2) is 0 Å². The Hall–Kier alpha value is -0.780. The Balaban J connectivity index is 0.000000980. The third-order valence-corrected chi connectivity index (χ3v) is 2.28. The summed E-state index contributed by atoms with van der Waals surface area (Å²) in [5.74, 6) is -0.100. The molecule has 2 heterocycles. The van der Waals surface area contributed by atoms with Gasteiger partial charge in [-0.2, -0.15) is 0 Å². The summed E-state index contributed by atoms with van der Waals surface area (Å²) in [5, 5.41) is 12.0. The van der Waals surface area contributed by atoms with Gasteiger partial charge < -0.3 is 15.0 Å². The molecule has 2 rings (SSSR count). The lowest BCUT2D eigenvalue weighted by Crippen LogP contribution is -2.33. The Morgan fingerprint density at radius 3 is 2.93 bits per heavy atom. The second-order valence-corrected chi connectivity index (χ2v) is 3.13. The first-order valence-corrected chi connectivity index (χ1v) is 4.22. The lowest BCUT2D eigenvalue weighted by molar-refractivity contribution is 0.0683. The van der Waals surface area contributed by atoms with E-state index in [2.05, 4.69) is 10.3 Å². The van der Waals surface area contributed by atoms with Crippen molar-refractivity contribution in [2.45, 2.75) is 19.5 Å². The Kier molecular flexibility index (Phi) is 5.07. The van der Waals surface area contributed by atoms with Crippen molar-refractivity contribution in [3.05, 3.63) is 17.7 Å². The molecule has 1 unspecified atom stereocenters. The zero-order valence-electron chi connectivity index (χ0n) is 8.14. The molecule has 1 aromatic rings. The number of hydrogen-bond acceptors (Lipinski definition) is 3. The van der Waals surface area contributed by atoms with E-state index < -0.39 is 5.97 Å². The van der Waals surface area contributed by atoms with Crippen LogP contribution >= 0.6 is 24.8 Å². The Morgan fingerprint density at radius 1 is 1.67 bits per heavy atom. The van der Waals surface area contributed by atoms with Gasteiger partial charge >= 0.3 is 5.97 Å². The van der Waals surface area contributed by atoms with Crippen molar-refractivity contribution in [3.8, 4) is 0 Å². The SMILES string of the molecule is CC1NCCn2c(C(=O)O)cnc21.Cl.Cl. The number of halogens is 2. The van der Waals surface area contributed by atoms with E-state index in [1.807, 2.05) is 6.92 Å². The number of nitrogens with zero attached hydrogens (tertiary/aromatic N) is 2. The van der Waals surface area contributed by atoms with Crippen LogP contribution in [0.5, 0.6) is 0 Å². The van der Waals surface area contributed by atoms with Crippen molar-refractivity contribution < 1.29 is 9.90 Å². The molecule has 7 heteroatoms. The third kappa shape index (κ3) is 2.42. The van der Waals surface area contributed by atoms with Crippen molar-refractivity contribution in [1.29, 1.82) is 0 Å². The van der Waals surface area contributed by atoms with E-state index in [1.54, 1.807) is 4.57 Å². The van der Waals surface area contributed by atoms with Crippen molar-refractivity contribution in [3.63, 3.8) is 0 Å². The summed E-state index contributed by atoms with van der Waals surface area (Å²) in [4.78, 5) is 14.8. The van der Waals surface area contributed by atoms with Gasteiger partial charge in [-0.1, -0.05) is 0 Å². The molecule has 1 atom stereocenters. The van der Waals surface area contributed by atoms with E-state index in [4.69, 9.17) is 5.11 Å². The fourth-order valence-corrected chi connectivity index (χ4v) is 1.63. The number of aromatic nitrogens is 2. The Labute approximate surface area is 99.7 Å². The van der Waals surface area contributed by atoms with Crippen molar-refractivity contribution in [2.24, 2.45) is 0 Å². The van der Waals surface area contributed by atoms with Gasteiger partial charge in [-0.25, -0.2) is 9.78 Å². The number of fused-ring (bicyclic) bond motifs is 1. The van der Waals surface area contributed by atoms with Gasteiger partial charge in [0.2, 0.25) is 0 Å². The lowest BCUT2D eigenvalue weighted by Gasteiger charge is -2.22. The van der Waals surface area contributed by atoms with Crippen LogP contribution in [0.2, 0.25) is 0 Å². The molecule has 15 heavy (non-hydrogen) atoms. The second-order valence-electron chi connectivity index (χ2n) is 3.13. The fraction of sp³-hybridized carbons (Fsp3) is 0.500. The first kappa shape index (κ1) is 14.2. The van der Waals surface area contributed by atoms with Gasteiger partial charge in [-0.05, 0) is 6.92 Å². The summed E-state index contributed by atoms with van der Waals surface area (Å²) in [6.45, 7) is 3.45. The van der Waals surface area contributed by atoms with Crippen LogP contribution < -0.4 is 5.32 Å². The molecule has 0 aliphatic carbocycles. The molecule has 1 aromatic heterocycles. The maximum Gasteiger partial charge on any atom is 0.354 e. The fourth-order valence-electron chi connectivity index (χ4n) is 1.63. The monoisotopic (exact) mass is 253 g/mol. The molecule has 0 aromatic carbocycles. The molecule has 1 aliphatic heterocycles. The predicted molar refractivity (Wildman–Crippen MR) is 60.1 cm³/mol. The summed E-state index contributed by atoms with van der Waals surface area (Å²) in [7, 11) is 0. The maximum atomic E-state index is 10.8. The highest BCUT2D eigenvalue weighted by Gasteiger charge is 2.22. The third-order valence-electron chi connectivity index (χ3n) is 2.28. The number of hydrogen-bond donors (Lipinski definition) is 2. The first-order chi connectivity index (χ1) is 6.20. The summed E-state index contributed by atoms with van der Waals surface area (Å²) in [5.41, 5.74) is 0.281. The van der Waals surface area contributed by atoms with Crippen molar-refractivity contribution in [1.82, 2.24) is 14.9 Å². The van der Waals surface area contributed by atoms with Crippen LogP contribution in [-0.2, 0) is 6.54 Å². The number of carboxylic acid groups (broad SMARTS) is 1. The molecular weight excluding hydrogens is 241 g/mol. The number of nitrogens with one attached hydrogen (secondary N) is 1. The maximum absolute atomic E-state index is 10.8. The van der Waals surface area contributed by atoms with Gasteiger partial charge in [0.05, 0.1) is 12.2 Å². The van der Waals surface area contributed by atoms with Crippen LogP contribution in [0.1, 0.15) is 29.3 Å². The molecule has 0 bridgehead atoms. The average Bonchev–Trinajstić information content (AvgIpc) is 2.48. The molecule has 2 N–H and O–H groups in total. The molecule has 1 aliphatic rings. The Morgan fingerprint density at radius 2 is 2.33 bits per heavy atom. The van der Waals surface area contributed by atoms with E-state index in [0.29, 0.717) is 6.54 Å². The molecular formula is C8H13Cl2N3O2. The van der Waals surface area contributed by atoms with Crippen LogP contribution in [0, 0.1) is 0 Å². The standard InChI is InChI=1S/C8H11N3O2.2ClH/c1-5-7-10-4-6(8(12)13)11(7)3-2-9-5;;/h4-5,9H,2-3H2,1H3,(H,12,13);2*1H. The molecule has 86 valence electrons. The van der Waals surface area contributed by atoms with Gasteiger partial charge in [-0.3, -0.25) is 0 Å². The molecule has 0 fully saturated rings. The van der Waals surface area contributed by atoms with Crippen molar-refractivity contribution >= 4 is 30.8 Å². The van der Waals surface area contributed by atoms with E-state index in [9.17, 15) is 4.79 Å². The van der Waals surface area contributed by atoms with E-state index in [1.165, 1.54) is 6.20 Å². The minimum absolute atomic E-state index is 0. The van der Waals surface area contributed by atoms with Crippen LogP contribution in [-0.4, -0.2) is 27.2 Å². The topological polar surface area (TPSA) is 67.2 Å². The van der Waals surface area contributed by atoms with Gasteiger partial charge in [0.1, 0.15) is 11.5 Å². The van der Waals surface area contributed by atoms with E-state index in [0.717, 1.165) is 12.4 Å². The minimum atomic E-state index is -0.909. The van der Waals surface area contributed by atoms with Crippen LogP contribution in [0.25, 0.3) is 0 Å². The van der Waals surface area contributed by atoms with Crippen molar-refractivity contribution in [2.75, 3.05) is 6.54 Å². The number of carboxylic acids is 1. The highest BCUT2D eigenvalue weighted by Crippen LogP contribution is 2.16. The molecule has 5 nitrogen and oxygen atoms in total. The summed E-state index contributed by atoms with van der Waals surface area (Å²) >= 11 is 0. The molecule has 0 saturated heterocycles. The Bertz CT molecular complexity index is 354. The zero-order chi connectivity index (χ0) is 9.42. The highest BCUT2D eigenvalue weighted by molar-refractivity contribution is 5.86. The van der Waals surface area contributed by atoms with Crippen LogP contribution in [0.15, 0.2) is 6.20 Å². The normalized spacial score (nSPS) is 18.3. The summed E-state index contributed by atoms with van der Waals surface area (Å²) < 4.78 is 1.75. The summed E-state index contributed by atoms with van der Waals surface area (Å²) in [6.07, 6.45) is 1.42. The van der Waals surface area contributed by atoms with Crippen LogP contribution in [0.4, 0.5) is 0 Å². The lowest BCUT2D eigenvalue weighted by atomic mass is 10.2. The van der Waals surface area contributed by atoms with E-state index in [-0.39, 0.29) is 36.5 Å². The smallest absolute Gasteiger partial charge is 0.354 e. The quantitative estimate of drug-likeness (QED) is 0.787. The number of carbonyl (C=O) groups is 1. The van der Waals surface area contributed by atoms with Gasteiger partial charge in [0.25, 0.3) is 0 Å². The van der Waals surface area contributed by atoms with Gasteiger partial charge in [-0.15, -0.1) is 24.8 Å². The number of imidazole rings is 1. The number of aromatic carboxylic acids is 1. The average molecular weight is 254 g/mol. The molecule has 0 saturated carbocycles. The predicted octanol–water partition coefficient (Wildman–Crippen LogP) is 1.09. The van der Waals surface area contributed by atoms with Crippen LogP contribution in [0.3, 0.4) is 0 Å². The largest absolute Gasteiger partial charge is 0.477 e. The second kappa shape index (κ2) is 5.34. The molecule has 0 amide bonds. The minimum Gasteiger partial charge on any atom is -0.477 e.